The van der Waals surface area contributed by atoms with Crippen LogP contribution in [0.2, 0.25) is 0 Å². The second-order valence-electron chi connectivity index (χ2n) is 5.85. The second-order valence-corrected chi connectivity index (χ2v) is 5.85. The fourth-order valence-corrected chi connectivity index (χ4v) is 2.92. The van der Waals surface area contributed by atoms with Crippen LogP contribution < -0.4 is 5.73 Å². The van der Waals surface area contributed by atoms with E-state index in [2.05, 4.69) is 20.8 Å². The van der Waals surface area contributed by atoms with Crippen LogP contribution in [0.1, 0.15) is 59.8 Å². The van der Waals surface area contributed by atoms with Gasteiger partial charge in [-0.3, -0.25) is 4.79 Å². The molecule has 1 heterocycles. The Morgan fingerprint density at radius 3 is 2.28 bits per heavy atom. The average molecular weight is 277 g/mol. The summed E-state index contributed by atoms with van der Waals surface area (Å²) in [5.74, 6) is 0.142. The maximum atomic E-state index is 12.4. The molecule has 1 unspecified atom stereocenters. The van der Waals surface area contributed by atoms with E-state index in [1.54, 1.807) is 0 Å². The molecule has 18 heavy (non-hydrogen) atoms. The van der Waals surface area contributed by atoms with Gasteiger partial charge in [-0.1, -0.05) is 27.2 Å². The van der Waals surface area contributed by atoms with Crippen LogP contribution >= 0.6 is 12.4 Å². The zero-order valence-corrected chi connectivity index (χ0v) is 13.1. The van der Waals surface area contributed by atoms with E-state index >= 15 is 0 Å². The molecule has 0 aliphatic carbocycles. The molecule has 1 aliphatic heterocycles. The molecule has 0 aromatic rings. The quantitative estimate of drug-likeness (QED) is 0.839. The summed E-state index contributed by atoms with van der Waals surface area (Å²) in [6.07, 6.45) is 5.17. The first kappa shape index (κ1) is 17.7. The van der Waals surface area contributed by atoms with Crippen LogP contribution in [-0.4, -0.2) is 29.4 Å². The van der Waals surface area contributed by atoms with E-state index in [0.717, 1.165) is 45.2 Å². The summed E-state index contributed by atoms with van der Waals surface area (Å²) >= 11 is 0. The highest BCUT2D eigenvalue weighted by molar-refractivity contribution is 5.86. The van der Waals surface area contributed by atoms with Crippen LogP contribution in [0.3, 0.4) is 0 Å². The van der Waals surface area contributed by atoms with Crippen LogP contribution in [0.15, 0.2) is 0 Å². The van der Waals surface area contributed by atoms with Crippen LogP contribution in [0.5, 0.6) is 0 Å². The summed E-state index contributed by atoms with van der Waals surface area (Å²) in [5.41, 5.74) is 5.80. The van der Waals surface area contributed by atoms with Gasteiger partial charge in [0.25, 0.3) is 0 Å². The third-order valence-corrected chi connectivity index (χ3v) is 4.48. The summed E-state index contributed by atoms with van der Waals surface area (Å²) in [7, 11) is 0. The monoisotopic (exact) mass is 276 g/mol. The topological polar surface area (TPSA) is 46.3 Å². The van der Waals surface area contributed by atoms with Gasteiger partial charge >= 0.3 is 0 Å². The van der Waals surface area contributed by atoms with Gasteiger partial charge in [0.15, 0.2) is 0 Å². The zero-order valence-electron chi connectivity index (χ0n) is 12.3. The number of hydrogen-bond acceptors (Lipinski definition) is 2. The van der Waals surface area contributed by atoms with E-state index in [9.17, 15) is 4.79 Å². The van der Waals surface area contributed by atoms with Gasteiger partial charge in [-0.2, -0.15) is 0 Å². The van der Waals surface area contributed by atoms with Crippen molar-refractivity contribution in [1.82, 2.24) is 4.90 Å². The molecule has 0 radical (unpaired) electrons. The summed E-state index contributed by atoms with van der Waals surface area (Å²) in [6.45, 7) is 10.2. The number of halogens is 1. The van der Waals surface area contributed by atoms with Crippen molar-refractivity contribution in [3.63, 3.8) is 0 Å². The minimum absolute atomic E-state index is 0. The Labute approximate surface area is 118 Å². The van der Waals surface area contributed by atoms with Crippen LogP contribution in [0, 0.1) is 5.41 Å². The lowest BCUT2D eigenvalue weighted by Crippen LogP contribution is -2.52. The minimum atomic E-state index is -0.674. The number of nitrogens with two attached hydrogens (primary N) is 1. The maximum Gasteiger partial charge on any atom is 0.242 e. The Kier molecular flexibility index (Phi) is 6.66. The van der Waals surface area contributed by atoms with Gasteiger partial charge in [0.05, 0.1) is 5.54 Å². The standard InChI is InChI=1S/C14H28N2O.ClH/c1-5-8-13(4,15)12(17)16-10-9-14(6-2,7-3)11-16;/h5-11,15H2,1-4H3;1H. The molecule has 3 nitrogen and oxygen atoms in total. The molecule has 1 atom stereocenters. The van der Waals surface area contributed by atoms with Gasteiger partial charge < -0.3 is 10.6 Å². The molecule has 1 fully saturated rings. The van der Waals surface area contributed by atoms with Crippen molar-refractivity contribution in [3.8, 4) is 0 Å². The number of rotatable bonds is 5. The lowest BCUT2D eigenvalue weighted by molar-refractivity contribution is -0.136. The molecule has 0 aromatic carbocycles. The SMILES string of the molecule is CCCC(C)(N)C(=O)N1CCC(CC)(CC)C1.Cl. The molecule has 1 rings (SSSR count). The highest BCUT2D eigenvalue weighted by Crippen LogP contribution is 2.37. The molecule has 2 N–H and O–H groups in total. The summed E-state index contributed by atoms with van der Waals surface area (Å²) < 4.78 is 0. The third kappa shape index (κ3) is 3.61. The number of hydrogen-bond donors (Lipinski definition) is 1. The number of carbonyl (C=O) groups is 1. The molecule has 0 aromatic heterocycles. The number of likely N-dealkylation sites (tertiary alicyclic amines) is 1. The van der Waals surface area contributed by atoms with Crippen LogP contribution in [0.4, 0.5) is 0 Å². The first-order valence-corrected chi connectivity index (χ1v) is 6.99. The van der Waals surface area contributed by atoms with Gasteiger partial charge in [-0.25, -0.2) is 0 Å². The molecule has 4 heteroatoms. The average Bonchev–Trinajstić information content (AvgIpc) is 2.73. The molecule has 0 saturated carbocycles. The van der Waals surface area contributed by atoms with E-state index in [1.165, 1.54) is 0 Å². The third-order valence-electron chi connectivity index (χ3n) is 4.48. The normalized spacial score (nSPS) is 21.3. The van der Waals surface area contributed by atoms with E-state index in [0.29, 0.717) is 5.41 Å². The van der Waals surface area contributed by atoms with Crippen molar-refractivity contribution >= 4 is 18.3 Å². The fraction of sp³-hybridized carbons (Fsp3) is 0.929. The molecular formula is C14H29ClN2O. The lowest BCUT2D eigenvalue weighted by Gasteiger charge is -2.31. The lowest BCUT2D eigenvalue weighted by atomic mass is 9.82. The zero-order chi connectivity index (χ0) is 13.1. The fourth-order valence-electron chi connectivity index (χ4n) is 2.92. The first-order chi connectivity index (χ1) is 7.90. The molecular weight excluding hydrogens is 248 g/mol. The van der Waals surface area contributed by atoms with Crippen molar-refractivity contribution in [2.75, 3.05) is 13.1 Å². The van der Waals surface area contributed by atoms with Gasteiger partial charge in [0, 0.05) is 13.1 Å². The summed E-state index contributed by atoms with van der Waals surface area (Å²) in [4.78, 5) is 14.4. The highest BCUT2D eigenvalue weighted by atomic mass is 35.5. The van der Waals surface area contributed by atoms with Crippen molar-refractivity contribution in [3.05, 3.63) is 0 Å². The first-order valence-electron chi connectivity index (χ1n) is 6.99. The van der Waals surface area contributed by atoms with Gasteiger partial charge in [0.1, 0.15) is 0 Å². The Bertz CT molecular complexity index is 275. The molecule has 1 saturated heterocycles. The summed E-state index contributed by atoms with van der Waals surface area (Å²) in [6, 6.07) is 0. The Hall–Kier alpha value is -0.280. The van der Waals surface area contributed by atoms with Crippen molar-refractivity contribution in [1.29, 1.82) is 0 Å². The Morgan fingerprint density at radius 1 is 1.33 bits per heavy atom. The number of nitrogens with zero attached hydrogens (tertiary/aromatic N) is 1. The molecule has 0 bridgehead atoms. The maximum absolute atomic E-state index is 12.4. The summed E-state index contributed by atoms with van der Waals surface area (Å²) in [5, 5.41) is 0. The molecule has 1 amide bonds. The van der Waals surface area contributed by atoms with E-state index in [-0.39, 0.29) is 18.3 Å². The van der Waals surface area contributed by atoms with Crippen LogP contribution in [-0.2, 0) is 4.79 Å². The highest BCUT2D eigenvalue weighted by Gasteiger charge is 2.41. The van der Waals surface area contributed by atoms with Gasteiger partial charge in [-0.15, -0.1) is 12.4 Å². The molecule has 108 valence electrons. The van der Waals surface area contributed by atoms with E-state index < -0.39 is 5.54 Å². The van der Waals surface area contributed by atoms with E-state index in [4.69, 9.17) is 5.73 Å². The van der Waals surface area contributed by atoms with Crippen molar-refractivity contribution < 1.29 is 4.79 Å². The van der Waals surface area contributed by atoms with Gasteiger partial charge in [-0.05, 0) is 38.0 Å². The smallest absolute Gasteiger partial charge is 0.242 e. The number of carbonyl (C=O) groups excluding carboxylic acids is 1. The molecule has 1 aliphatic rings. The van der Waals surface area contributed by atoms with Crippen molar-refractivity contribution in [2.45, 2.75) is 65.3 Å². The number of amides is 1. The predicted octanol–water partition coefficient (Wildman–Crippen LogP) is 2.96. The predicted molar refractivity (Wildman–Crippen MR) is 79.0 cm³/mol. The van der Waals surface area contributed by atoms with Gasteiger partial charge in [0.2, 0.25) is 5.91 Å². The Balaban J connectivity index is 0.00000289. The Morgan fingerprint density at radius 2 is 1.89 bits per heavy atom. The van der Waals surface area contributed by atoms with E-state index in [1.807, 2.05) is 11.8 Å². The molecule has 0 spiro atoms. The van der Waals surface area contributed by atoms with Crippen LogP contribution in [0.25, 0.3) is 0 Å². The minimum Gasteiger partial charge on any atom is -0.341 e. The van der Waals surface area contributed by atoms with Crippen molar-refractivity contribution in [2.24, 2.45) is 11.1 Å². The largest absolute Gasteiger partial charge is 0.341 e. The second kappa shape index (κ2) is 6.76.